The number of carbonyl (C=O) groups excluding carboxylic acids is 2. The molecule has 0 aliphatic heterocycles. The number of nitrogens with two attached hydrogens (primary N) is 1. The molecule has 0 saturated heterocycles. The van der Waals surface area contributed by atoms with Crippen LogP contribution in [0.5, 0.6) is 5.75 Å². The Morgan fingerprint density at radius 3 is 2.35 bits per heavy atom. The molecule has 0 fully saturated rings. The molecule has 0 radical (unpaired) electrons. The lowest BCUT2D eigenvalue weighted by Gasteiger charge is -2.31. The van der Waals surface area contributed by atoms with E-state index in [0.717, 1.165) is 24.4 Å². The molecule has 3 aromatic rings. The summed E-state index contributed by atoms with van der Waals surface area (Å²) in [6.45, 7) is 1.92. The maximum absolute atomic E-state index is 14.3. The molecule has 13 heteroatoms. The number of halogens is 4. The van der Waals surface area contributed by atoms with E-state index in [0.29, 0.717) is 5.69 Å². The van der Waals surface area contributed by atoms with Crippen molar-refractivity contribution in [1.82, 2.24) is 20.3 Å². The summed E-state index contributed by atoms with van der Waals surface area (Å²) in [4.78, 5) is 35.8. The Bertz CT molecular complexity index is 1280. The Morgan fingerprint density at radius 1 is 1.14 bits per heavy atom. The average Bonchev–Trinajstić information content (AvgIpc) is 2.83. The molecule has 2 aromatic heterocycles. The summed E-state index contributed by atoms with van der Waals surface area (Å²) in [5, 5.41) is 12.9. The van der Waals surface area contributed by atoms with E-state index in [1.165, 1.54) is 18.3 Å². The van der Waals surface area contributed by atoms with Crippen LogP contribution in [-0.4, -0.2) is 51.2 Å². The quantitative estimate of drug-likeness (QED) is 0.368. The first-order valence-corrected chi connectivity index (χ1v) is 10.9. The fourth-order valence-corrected chi connectivity index (χ4v) is 3.37. The number of alkyl halides is 3. The van der Waals surface area contributed by atoms with Gasteiger partial charge >= 0.3 is 6.18 Å². The third-order valence-corrected chi connectivity index (χ3v) is 5.23. The molecule has 2 amide bonds. The smallest absolute Gasteiger partial charge is 0.424 e. The summed E-state index contributed by atoms with van der Waals surface area (Å²) in [6.07, 6.45) is -3.55. The Hall–Kier alpha value is -4.13. The van der Waals surface area contributed by atoms with E-state index in [2.05, 4.69) is 15.0 Å². The highest BCUT2D eigenvalue weighted by Crippen LogP contribution is 2.42. The molecule has 4 N–H and O–H groups in total. The summed E-state index contributed by atoms with van der Waals surface area (Å²) < 4.78 is 61.9. The molecule has 0 aliphatic carbocycles. The number of aliphatic hydroxyl groups is 1. The Balaban J connectivity index is 2.15. The number of hydrogen-bond donors (Lipinski definition) is 3. The van der Waals surface area contributed by atoms with Crippen molar-refractivity contribution in [2.75, 3.05) is 13.2 Å². The minimum Gasteiger partial charge on any atom is -0.491 e. The van der Waals surface area contributed by atoms with Gasteiger partial charge in [0.15, 0.2) is 0 Å². The van der Waals surface area contributed by atoms with Crippen LogP contribution in [0.4, 0.5) is 17.6 Å². The molecule has 0 spiro atoms. The SMILES string of the molecule is CCOc1c(CC(N)=O)cc([C@@](O)(CNC(=O)c2cnc(C)cn2)C(F)(F)F)nc1-c1ccc(F)cc1. The van der Waals surface area contributed by atoms with Crippen molar-refractivity contribution in [2.45, 2.75) is 32.0 Å². The first-order valence-electron chi connectivity index (χ1n) is 10.9. The van der Waals surface area contributed by atoms with Crippen molar-refractivity contribution < 1.29 is 37.0 Å². The molecule has 0 aliphatic rings. The van der Waals surface area contributed by atoms with Gasteiger partial charge in [-0.05, 0) is 44.2 Å². The number of ether oxygens (including phenoxy) is 1. The number of benzene rings is 1. The minimum absolute atomic E-state index is 0.0537. The second-order valence-corrected chi connectivity index (χ2v) is 8.01. The zero-order chi connectivity index (χ0) is 27.4. The van der Waals surface area contributed by atoms with Crippen LogP contribution in [0.15, 0.2) is 42.7 Å². The van der Waals surface area contributed by atoms with E-state index >= 15 is 0 Å². The van der Waals surface area contributed by atoms with Gasteiger partial charge in [-0.2, -0.15) is 13.2 Å². The molecular weight excluding hydrogens is 498 g/mol. The molecule has 196 valence electrons. The maximum Gasteiger partial charge on any atom is 0.424 e. The van der Waals surface area contributed by atoms with Gasteiger partial charge in [0.25, 0.3) is 5.91 Å². The minimum atomic E-state index is -5.33. The summed E-state index contributed by atoms with van der Waals surface area (Å²) in [7, 11) is 0. The highest BCUT2D eigenvalue weighted by Gasteiger charge is 2.56. The first-order chi connectivity index (χ1) is 17.4. The van der Waals surface area contributed by atoms with Crippen LogP contribution in [0.3, 0.4) is 0 Å². The molecule has 0 bridgehead atoms. The normalized spacial score (nSPS) is 13.1. The van der Waals surface area contributed by atoms with E-state index in [-0.39, 0.29) is 34.9 Å². The summed E-state index contributed by atoms with van der Waals surface area (Å²) in [5.41, 5.74) is 0.758. The number of pyridine rings is 1. The van der Waals surface area contributed by atoms with Crippen molar-refractivity contribution in [3.8, 4) is 17.0 Å². The second kappa shape index (κ2) is 10.9. The Morgan fingerprint density at radius 2 is 1.81 bits per heavy atom. The van der Waals surface area contributed by atoms with Gasteiger partial charge in [0.2, 0.25) is 11.5 Å². The van der Waals surface area contributed by atoms with Crippen molar-refractivity contribution >= 4 is 11.8 Å². The molecule has 37 heavy (non-hydrogen) atoms. The third kappa shape index (κ3) is 6.17. The molecule has 2 heterocycles. The van der Waals surface area contributed by atoms with Crippen LogP contribution in [0.25, 0.3) is 11.3 Å². The summed E-state index contributed by atoms with van der Waals surface area (Å²) in [5.74, 6) is -2.56. The van der Waals surface area contributed by atoms with Gasteiger partial charge in [-0.3, -0.25) is 14.6 Å². The highest BCUT2D eigenvalue weighted by atomic mass is 19.4. The number of aryl methyl sites for hydroxylation is 1. The van der Waals surface area contributed by atoms with Crippen molar-refractivity contribution in [3.63, 3.8) is 0 Å². The van der Waals surface area contributed by atoms with E-state index in [1.807, 2.05) is 5.32 Å². The zero-order valence-electron chi connectivity index (χ0n) is 19.8. The number of nitrogens with one attached hydrogen (secondary N) is 1. The Kier molecular flexibility index (Phi) is 8.06. The molecule has 0 unspecified atom stereocenters. The van der Waals surface area contributed by atoms with Gasteiger partial charge in [-0.25, -0.2) is 14.4 Å². The number of primary amides is 1. The Labute approximate surface area is 208 Å². The predicted molar refractivity (Wildman–Crippen MR) is 123 cm³/mol. The predicted octanol–water partition coefficient (Wildman–Crippen LogP) is 2.59. The van der Waals surface area contributed by atoms with Crippen LogP contribution < -0.4 is 15.8 Å². The van der Waals surface area contributed by atoms with Gasteiger partial charge in [-0.1, -0.05) is 0 Å². The lowest BCUT2D eigenvalue weighted by Crippen LogP contribution is -2.51. The fourth-order valence-electron chi connectivity index (χ4n) is 3.37. The van der Waals surface area contributed by atoms with Crippen molar-refractivity contribution in [3.05, 3.63) is 71.2 Å². The molecule has 3 rings (SSSR count). The molecule has 1 aromatic carbocycles. The van der Waals surface area contributed by atoms with Gasteiger partial charge < -0.3 is 20.9 Å². The van der Waals surface area contributed by atoms with Crippen LogP contribution in [-0.2, 0) is 16.8 Å². The van der Waals surface area contributed by atoms with Crippen LogP contribution >= 0.6 is 0 Å². The summed E-state index contributed by atoms with van der Waals surface area (Å²) in [6, 6.07) is 5.47. The van der Waals surface area contributed by atoms with Crippen LogP contribution in [0.1, 0.15) is 34.4 Å². The first kappa shape index (κ1) is 27.5. The van der Waals surface area contributed by atoms with Crippen molar-refractivity contribution in [2.24, 2.45) is 5.73 Å². The largest absolute Gasteiger partial charge is 0.491 e. The third-order valence-electron chi connectivity index (χ3n) is 5.23. The number of amides is 2. The van der Waals surface area contributed by atoms with Crippen molar-refractivity contribution in [1.29, 1.82) is 0 Å². The van der Waals surface area contributed by atoms with Gasteiger partial charge in [0.05, 0.1) is 37.2 Å². The number of nitrogens with zero attached hydrogens (tertiary/aromatic N) is 3. The monoisotopic (exact) mass is 521 g/mol. The molecular formula is C24H23F4N5O4. The standard InChI is InChI=1S/C24H23F4N5O4/c1-3-37-21-15(9-19(29)34)8-18(33-20(21)14-4-6-16(25)7-5-14)23(36,24(26,27)28)12-32-22(35)17-11-30-13(2)10-31-17/h4-8,10-11,36H,3,9,12H2,1-2H3,(H2,29,34)(H,32,35)/t23-/m0/s1. The van der Waals surface area contributed by atoms with Gasteiger partial charge in [0, 0.05) is 17.3 Å². The van der Waals surface area contributed by atoms with E-state index in [9.17, 15) is 32.3 Å². The number of aromatic nitrogens is 3. The fraction of sp³-hybridized carbons (Fsp3) is 0.292. The zero-order valence-corrected chi connectivity index (χ0v) is 19.8. The highest BCUT2D eigenvalue weighted by molar-refractivity contribution is 5.92. The molecule has 9 nitrogen and oxygen atoms in total. The lowest BCUT2D eigenvalue weighted by atomic mass is 9.93. The second-order valence-electron chi connectivity index (χ2n) is 8.01. The van der Waals surface area contributed by atoms with E-state index in [1.54, 1.807) is 13.8 Å². The van der Waals surface area contributed by atoms with Crippen LogP contribution in [0.2, 0.25) is 0 Å². The lowest BCUT2D eigenvalue weighted by molar-refractivity contribution is -0.265. The number of carbonyl (C=O) groups is 2. The van der Waals surface area contributed by atoms with E-state index < -0.39 is 48.1 Å². The van der Waals surface area contributed by atoms with Gasteiger partial charge in [-0.15, -0.1) is 0 Å². The summed E-state index contributed by atoms with van der Waals surface area (Å²) >= 11 is 0. The van der Waals surface area contributed by atoms with E-state index in [4.69, 9.17) is 10.5 Å². The topological polar surface area (TPSA) is 140 Å². The van der Waals surface area contributed by atoms with Crippen LogP contribution in [0, 0.1) is 12.7 Å². The number of rotatable bonds is 9. The molecule has 0 saturated carbocycles. The average molecular weight is 521 g/mol. The molecule has 1 atom stereocenters. The van der Waals surface area contributed by atoms with Gasteiger partial charge in [0.1, 0.15) is 23.0 Å². The number of hydrogen-bond acceptors (Lipinski definition) is 7. The maximum atomic E-state index is 14.3.